The average Bonchev–Trinajstić information content (AvgIpc) is 2.69. The number of carbonyl (C=O) groups is 1. The molecule has 1 amide bonds. The Morgan fingerprint density at radius 3 is 2.57 bits per heavy atom. The van der Waals surface area contributed by atoms with Crippen LogP contribution in [0.25, 0.3) is 10.9 Å². The lowest BCUT2D eigenvalue weighted by Crippen LogP contribution is -2.36. The molecule has 30 heavy (non-hydrogen) atoms. The van der Waals surface area contributed by atoms with Crippen LogP contribution >= 0.6 is 0 Å². The third kappa shape index (κ3) is 5.31. The van der Waals surface area contributed by atoms with Crippen LogP contribution in [0.15, 0.2) is 41.2 Å². The smallest absolute Gasteiger partial charge is 0.258 e. The molecule has 2 aromatic carbocycles. The van der Waals surface area contributed by atoms with Gasteiger partial charge in [-0.3, -0.25) is 14.5 Å². The Hall–Kier alpha value is -3.03. The summed E-state index contributed by atoms with van der Waals surface area (Å²) in [5.41, 5.74) is 4.52. The van der Waals surface area contributed by atoms with E-state index in [1.54, 1.807) is 13.2 Å². The van der Waals surface area contributed by atoms with Gasteiger partial charge in [-0.2, -0.15) is 0 Å². The molecule has 0 aliphatic carbocycles. The second kappa shape index (κ2) is 9.65. The van der Waals surface area contributed by atoms with E-state index < -0.39 is 0 Å². The third-order valence-corrected chi connectivity index (χ3v) is 4.96. The molecule has 0 atom stereocenters. The van der Waals surface area contributed by atoms with Gasteiger partial charge < -0.3 is 15.0 Å². The largest absolute Gasteiger partial charge is 0.383 e. The number of aromatic amines is 1. The van der Waals surface area contributed by atoms with E-state index in [4.69, 9.17) is 4.74 Å². The number of fused-ring (bicyclic) bond motifs is 1. The summed E-state index contributed by atoms with van der Waals surface area (Å²) in [7, 11) is 1.62. The number of aryl methyl sites for hydroxylation is 3. The number of nitrogens with zero attached hydrogens (tertiary/aromatic N) is 2. The normalized spacial score (nSPS) is 11.2. The number of nitrogens with one attached hydrogen (secondary N) is 2. The van der Waals surface area contributed by atoms with Crippen LogP contribution in [0.4, 0.5) is 5.69 Å². The van der Waals surface area contributed by atoms with Crippen molar-refractivity contribution in [2.75, 3.05) is 32.1 Å². The molecular formula is C23H28N4O3. The van der Waals surface area contributed by atoms with E-state index in [1.165, 1.54) is 0 Å². The van der Waals surface area contributed by atoms with Crippen molar-refractivity contribution in [3.05, 3.63) is 69.3 Å². The number of hydrogen-bond acceptors (Lipinski definition) is 5. The molecule has 0 fully saturated rings. The Morgan fingerprint density at radius 1 is 1.17 bits per heavy atom. The highest BCUT2D eigenvalue weighted by Crippen LogP contribution is 2.21. The molecule has 3 aromatic rings. The van der Waals surface area contributed by atoms with Crippen molar-refractivity contribution in [3.8, 4) is 0 Å². The van der Waals surface area contributed by atoms with Crippen LogP contribution in [-0.4, -0.2) is 47.6 Å². The SMILES string of the molecule is COCCN(CC(=O)Nc1c(C)cc(C)cc1C)Cc1nc2ccccc2c(=O)[nH]1. The molecule has 1 aromatic heterocycles. The van der Waals surface area contributed by atoms with Gasteiger partial charge in [0.25, 0.3) is 5.56 Å². The molecule has 158 valence electrons. The summed E-state index contributed by atoms with van der Waals surface area (Å²) in [5.74, 6) is 0.398. The number of hydrogen-bond donors (Lipinski definition) is 2. The fourth-order valence-electron chi connectivity index (χ4n) is 3.62. The molecule has 1 heterocycles. The van der Waals surface area contributed by atoms with Crippen molar-refractivity contribution in [1.29, 1.82) is 0 Å². The Bertz CT molecular complexity index is 1080. The highest BCUT2D eigenvalue weighted by atomic mass is 16.5. The highest BCUT2D eigenvalue weighted by Gasteiger charge is 2.15. The zero-order valence-corrected chi connectivity index (χ0v) is 17.9. The zero-order chi connectivity index (χ0) is 21.7. The molecule has 0 saturated heterocycles. The number of ether oxygens (including phenoxy) is 1. The monoisotopic (exact) mass is 408 g/mol. The minimum Gasteiger partial charge on any atom is -0.383 e. The lowest BCUT2D eigenvalue weighted by molar-refractivity contribution is -0.117. The number of amides is 1. The molecule has 0 aliphatic rings. The Balaban J connectivity index is 1.76. The fourth-order valence-corrected chi connectivity index (χ4v) is 3.62. The molecular weight excluding hydrogens is 380 g/mol. The van der Waals surface area contributed by atoms with Crippen molar-refractivity contribution in [2.45, 2.75) is 27.3 Å². The molecule has 3 rings (SSSR count). The zero-order valence-electron chi connectivity index (χ0n) is 17.9. The minimum absolute atomic E-state index is 0.121. The molecule has 2 N–H and O–H groups in total. The quantitative estimate of drug-likeness (QED) is 0.598. The molecule has 7 nitrogen and oxygen atoms in total. The van der Waals surface area contributed by atoms with Crippen molar-refractivity contribution in [2.24, 2.45) is 0 Å². The van der Waals surface area contributed by atoms with Gasteiger partial charge in [0.2, 0.25) is 5.91 Å². The number of rotatable bonds is 8. The van der Waals surface area contributed by atoms with Gasteiger partial charge in [0.1, 0.15) is 5.82 Å². The van der Waals surface area contributed by atoms with Crippen LogP contribution in [0.2, 0.25) is 0 Å². The molecule has 0 spiro atoms. The first-order chi connectivity index (χ1) is 14.4. The first kappa shape index (κ1) is 21.7. The van der Waals surface area contributed by atoms with Crippen molar-refractivity contribution < 1.29 is 9.53 Å². The molecule has 7 heteroatoms. The maximum Gasteiger partial charge on any atom is 0.258 e. The van der Waals surface area contributed by atoms with Gasteiger partial charge in [0.05, 0.1) is 30.6 Å². The highest BCUT2D eigenvalue weighted by molar-refractivity contribution is 5.93. The summed E-state index contributed by atoms with van der Waals surface area (Å²) < 4.78 is 5.19. The Kier molecular flexibility index (Phi) is 6.97. The van der Waals surface area contributed by atoms with Crippen LogP contribution < -0.4 is 10.9 Å². The number of anilines is 1. The summed E-state index contributed by atoms with van der Waals surface area (Å²) >= 11 is 0. The second-order valence-corrected chi connectivity index (χ2v) is 7.56. The number of H-pyrrole nitrogens is 1. The maximum atomic E-state index is 12.8. The number of para-hydroxylation sites is 1. The van der Waals surface area contributed by atoms with E-state index in [-0.39, 0.29) is 18.0 Å². The van der Waals surface area contributed by atoms with Crippen molar-refractivity contribution >= 4 is 22.5 Å². The summed E-state index contributed by atoms with van der Waals surface area (Å²) in [6, 6.07) is 11.3. The van der Waals surface area contributed by atoms with Crippen LogP contribution in [-0.2, 0) is 16.1 Å². The van der Waals surface area contributed by atoms with Crippen LogP contribution in [0.3, 0.4) is 0 Å². The van der Waals surface area contributed by atoms with Gasteiger partial charge in [-0.25, -0.2) is 4.98 Å². The maximum absolute atomic E-state index is 12.8. The number of methoxy groups -OCH3 is 1. The summed E-state index contributed by atoms with van der Waals surface area (Å²) in [6.07, 6.45) is 0. The van der Waals surface area contributed by atoms with Gasteiger partial charge in [-0.15, -0.1) is 0 Å². The van der Waals surface area contributed by atoms with Crippen molar-refractivity contribution in [3.63, 3.8) is 0 Å². The average molecular weight is 409 g/mol. The van der Waals surface area contributed by atoms with Gasteiger partial charge >= 0.3 is 0 Å². The molecule has 0 bridgehead atoms. The van der Waals surface area contributed by atoms with Crippen molar-refractivity contribution in [1.82, 2.24) is 14.9 Å². The second-order valence-electron chi connectivity index (χ2n) is 7.56. The first-order valence-corrected chi connectivity index (χ1v) is 9.94. The lowest BCUT2D eigenvalue weighted by atomic mass is 10.1. The van der Waals surface area contributed by atoms with Crippen LogP contribution in [0, 0.1) is 20.8 Å². The number of benzene rings is 2. The van der Waals surface area contributed by atoms with Gasteiger partial charge in [-0.05, 0) is 44.0 Å². The molecule has 0 radical (unpaired) electrons. The van der Waals surface area contributed by atoms with Crippen LogP contribution in [0.1, 0.15) is 22.5 Å². The number of carbonyl (C=O) groups excluding carboxylic acids is 1. The van der Waals surface area contributed by atoms with E-state index in [9.17, 15) is 9.59 Å². The lowest BCUT2D eigenvalue weighted by Gasteiger charge is -2.22. The predicted octanol–water partition coefficient (Wildman–Crippen LogP) is 2.94. The van der Waals surface area contributed by atoms with E-state index >= 15 is 0 Å². The van der Waals surface area contributed by atoms with E-state index in [0.29, 0.717) is 36.4 Å². The minimum atomic E-state index is -0.183. The summed E-state index contributed by atoms with van der Waals surface area (Å²) in [4.78, 5) is 34.4. The van der Waals surface area contributed by atoms with E-state index in [1.807, 2.05) is 43.9 Å². The fraction of sp³-hybridized carbons (Fsp3) is 0.348. The summed E-state index contributed by atoms with van der Waals surface area (Å²) in [5, 5.41) is 3.57. The first-order valence-electron chi connectivity index (χ1n) is 9.94. The van der Waals surface area contributed by atoms with E-state index in [0.717, 1.165) is 22.4 Å². The van der Waals surface area contributed by atoms with Gasteiger partial charge in [0.15, 0.2) is 0 Å². The topological polar surface area (TPSA) is 87.3 Å². The predicted molar refractivity (Wildman–Crippen MR) is 119 cm³/mol. The van der Waals surface area contributed by atoms with Gasteiger partial charge in [-0.1, -0.05) is 29.8 Å². The molecule has 0 saturated carbocycles. The number of aromatic nitrogens is 2. The standard InChI is InChI=1S/C23H28N4O3/c1-15-11-16(2)22(17(3)12-15)26-21(28)14-27(9-10-30-4)13-20-24-19-8-6-5-7-18(19)23(29)25-20/h5-8,11-12H,9-10,13-14H2,1-4H3,(H,26,28)(H,24,25,29). The third-order valence-electron chi connectivity index (χ3n) is 4.96. The van der Waals surface area contributed by atoms with Gasteiger partial charge in [0, 0.05) is 19.3 Å². The molecule has 0 unspecified atom stereocenters. The molecule has 0 aliphatic heterocycles. The Morgan fingerprint density at radius 2 is 1.87 bits per heavy atom. The summed E-state index contributed by atoms with van der Waals surface area (Å²) in [6.45, 7) is 7.51. The van der Waals surface area contributed by atoms with Crippen LogP contribution in [0.5, 0.6) is 0 Å². The van der Waals surface area contributed by atoms with E-state index in [2.05, 4.69) is 27.4 Å². The Labute approximate surface area is 176 Å².